The standard InChI is InChI=1S/C24H30O6/c1-16(2)15-30-20(14-18-11-7-4-8-12-18)22(27)24(29)23(28)21(26)19(25)13-17-9-5-3-6-10-17/h3-14,16,21-29H,15H2,1-2H3/t21-,22+,23-,24-/m1/s1. The van der Waals surface area contributed by atoms with Crippen LogP contribution in [0.4, 0.5) is 0 Å². The summed E-state index contributed by atoms with van der Waals surface area (Å²) < 4.78 is 5.66. The van der Waals surface area contributed by atoms with Crippen LogP contribution in [0.1, 0.15) is 25.0 Å². The Morgan fingerprint density at radius 2 is 1.23 bits per heavy atom. The zero-order valence-electron chi connectivity index (χ0n) is 17.2. The molecule has 0 aliphatic carbocycles. The van der Waals surface area contributed by atoms with Gasteiger partial charge in [-0.1, -0.05) is 74.5 Å². The highest BCUT2D eigenvalue weighted by Gasteiger charge is 2.35. The molecule has 30 heavy (non-hydrogen) atoms. The fraction of sp³-hybridized carbons (Fsp3) is 0.333. The zero-order chi connectivity index (χ0) is 22.1. The summed E-state index contributed by atoms with van der Waals surface area (Å²) in [5, 5.41) is 51.8. The molecule has 0 bridgehead atoms. The van der Waals surface area contributed by atoms with Crippen molar-refractivity contribution in [3.63, 3.8) is 0 Å². The highest BCUT2D eigenvalue weighted by Crippen LogP contribution is 2.20. The third-order valence-electron chi connectivity index (χ3n) is 4.40. The molecule has 6 nitrogen and oxygen atoms in total. The quantitative estimate of drug-likeness (QED) is 0.383. The van der Waals surface area contributed by atoms with Gasteiger partial charge in [0.05, 0.1) is 6.61 Å². The minimum absolute atomic E-state index is 0.0557. The number of ether oxygens (including phenoxy) is 1. The van der Waals surface area contributed by atoms with Crippen LogP contribution in [0.5, 0.6) is 0 Å². The lowest BCUT2D eigenvalue weighted by Crippen LogP contribution is -2.46. The number of benzene rings is 2. The summed E-state index contributed by atoms with van der Waals surface area (Å²) in [5.41, 5.74) is 1.35. The molecule has 0 spiro atoms. The van der Waals surface area contributed by atoms with E-state index in [4.69, 9.17) is 4.74 Å². The zero-order valence-corrected chi connectivity index (χ0v) is 17.2. The number of hydrogen-bond acceptors (Lipinski definition) is 6. The fourth-order valence-corrected chi connectivity index (χ4v) is 2.71. The summed E-state index contributed by atoms with van der Waals surface area (Å²) >= 11 is 0. The van der Waals surface area contributed by atoms with Gasteiger partial charge in [-0.2, -0.15) is 0 Å². The van der Waals surface area contributed by atoms with Crippen LogP contribution >= 0.6 is 0 Å². The number of aliphatic hydroxyl groups is 5. The Morgan fingerprint density at radius 1 is 0.767 bits per heavy atom. The van der Waals surface area contributed by atoms with Gasteiger partial charge in [-0.3, -0.25) is 0 Å². The molecule has 0 saturated carbocycles. The molecule has 4 atom stereocenters. The SMILES string of the molecule is CC(C)COC(=Cc1ccccc1)[C@H](O)[C@@H](O)[C@H](O)[C@H](O)C(O)=Cc1ccccc1. The van der Waals surface area contributed by atoms with Crippen LogP contribution in [0.25, 0.3) is 12.2 Å². The summed E-state index contributed by atoms with van der Waals surface area (Å²) in [5.74, 6) is -0.307. The van der Waals surface area contributed by atoms with E-state index in [9.17, 15) is 25.5 Å². The van der Waals surface area contributed by atoms with Gasteiger partial charge in [0.15, 0.2) is 0 Å². The van der Waals surface area contributed by atoms with Crippen LogP contribution in [0, 0.1) is 5.92 Å². The fourth-order valence-electron chi connectivity index (χ4n) is 2.71. The predicted molar refractivity (Wildman–Crippen MR) is 116 cm³/mol. The maximum atomic E-state index is 10.6. The van der Waals surface area contributed by atoms with Gasteiger partial charge in [-0.05, 0) is 29.2 Å². The molecule has 0 aliphatic heterocycles. The van der Waals surface area contributed by atoms with Gasteiger partial charge in [-0.15, -0.1) is 0 Å². The van der Waals surface area contributed by atoms with Crippen molar-refractivity contribution >= 4 is 12.2 Å². The maximum Gasteiger partial charge on any atom is 0.139 e. The topological polar surface area (TPSA) is 110 Å². The van der Waals surface area contributed by atoms with Crippen molar-refractivity contribution in [2.24, 2.45) is 5.92 Å². The van der Waals surface area contributed by atoms with E-state index in [2.05, 4.69) is 0 Å². The second kappa shape index (κ2) is 11.5. The number of rotatable bonds is 10. The van der Waals surface area contributed by atoms with Gasteiger partial charge in [0, 0.05) is 0 Å². The molecular weight excluding hydrogens is 384 g/mol. The molecule has 2 rings (SSSR count). The van der Waals surface area contributed by atoms with Crippen molar-refractivity contribution in [2.45, 2.75) is 38.3 Å². The molecule has 0 heterocycles. The smallest absolute Gasteiger partial charge is 0.139 e. The first-order chi connectivity index (χ1) is 14.3. The van der Waals surface area contributed by atoms with Crippen molar-refractivity contribution < 1.29 is 30.3 Å². The van der Waals surface area contributed by atoms with Gasteiger partial charge in [0.25, 0.3) is 0 Å². The molecule has 0 amide bonds. The highest BCUT2D eigenvalue weighted by atomic mass is 16.5. The van der Waals surface area contributed by atoms with Crippen molar-refractivity contribution in [3.05, 3.63) is 83.3 Å². The first-order valence-electron chi connectivity index (χ1n) is 9.87. The van der Waals surface area contributed by atoms with Gasteiger partial charge in [0.2, 0.25) is 0 Å². The van der Waals surface area contributed by atoms with Crippen LogP contribution in [0.15, 0.2) is 72.2 Å². The van der Waals surface area contributed by atoms with Crippen LogP contribution in [0.3, 0.4) is 0 Å². The first kappa shape index (κ1) is 23.6. The Balaban J connectivity index is 2.18. The minimum atomic E-state index is -1.85. The monoisotopic (exact) mass is 414 g/mol. The highest BCUT2D eigenvalue weighted by molar-refractivity contribution is 5.53. The van der Waals surface area contributed by atoms with E-state index in [0.717, 1.165) is 5.56 Å². The summed E-state index contributed by atoms with van der Waals surface area (Å²) in [6.45, 7) is 4.17. The van der Waals surface area contributed by atoms with Gasteiger partial charge in [-0.25, -0.2) is 0 Å². The molecule has 2 aromatic rings. The molecule has 0 aliphatic rings. The predicted octanol–water partition coefficient (Wildman–Crippen LogP) is 2.74. The normalized spacial score (nSPS) is 16.8. The van der Waals surface area contributed by atoms with Crippen LogP contribution in [0.2, 0.25) is 0 Å². The molecular formula is C24H30O6. The lowest BCUT2D eigenvalue weighted by Gasteiger charge is -2.28. The van der Waals surface area contributed by atoms with Crippen LogP contribution < -0.4 is 0 Å². The van der Waals surface area contributed by atoms with Crippen molar-refractivity contribution in [3.8, 4) is 0 Å². The molecule has 0 fully saturated rings. The molecule has 5 N–H and O–H groups in total. The van der Waals surface area contributed by atoms with Gasteiger partial charge >= 0.3 is 0 Å². The van der Waals surface area contributed by atoms with Gasteiger partial charge in [0.1, 0.15) is 35.9 Å². The Bertz CT molecular complexity index is 816. The maximum absolute atomic E-state index is 10.6. The van der Waals surface area contributed by atoms with E-state index in [1.807, 2.05) is 32.0 Å². The number of aliphatic hydroxyl groups excluding tert-OH is 5. The average molecular weight is 414 g/mol. The third kappa shape index (κ3) is 7.00. The van der Waals surface area contributed by atoms with E-state index in [-0.39, 0.29) is 11.7 Å². The van der Waals surface area contributed by atoms with E-state index in [0.29, 0.717) is 12.2 Å². The first-order valence-corrected chi connectivity index (χ1v) is 9.87. The van der Waals surface area contributed by atoms with E-state index in [1.165, 1.54) is 6.08 Å². The van der Waals surface area contributed by atoms with E-state index >= 15 is 0 Å². The Morgan fingerprint density at radius 3 is 1.73 bits per heavy atom. The molecule has 0 unspecified atom stereocenters. The molecule has 162 valence electrons. The summed E-state index contributed by atoms with van der Waals surface area (Å²) in [4.78, 5) is 0. The summed E-state index contributed by atoms with van der Waals surface area (Å²) in [7, 11) is 0. The average Bonchev–Trinajstić information content (AvgIpc) is 2.75. The Labute approximate surface area is 177 Å². The molecule has 0 aromatic heterocycles. The van der Waals surface area contributed by atoms with E-state index in [1.54, 1.807) is 48.5 Å². The third-order valence-corrected chi connectivity index (χ3v) is 4.40. The van der Waals surface area contributed by atoms with Crippen LogP contribution in [-0.2, 0) is 4.74 Å². The Hall–Kier alpha value is -2.64. The van der Waals surface area contributed by atoms with Crippen molar-refractivity contribution in [2.75, 3.05) is 6.61 Å². The lowest BCUT2D eigenvalue weighted by atomic mass is 9.98. The molecule has 0 saturated heterocycles. The summed E-state index contributed by atoms with van der Waals surface area (Å²) in [6.07, 6.45) is -4.20. The second-order valence-electron chi connectivity index (χ2n) is 7.51. The lowest BCUT2D eigenvalue weighted by molar-refractivity contribution is -0.103. The summed E-state index contributed by atoms with van der Waals surface area (Å²) in [6, 6.07) is 17.8. The van der Waals surface area contributed by atoms with E-state index < -0.39 is 30.2 Å². The minimum Gasteiger partial charge on any atom is -0.509 e. The number of hydrogen-bond donors (Lipinski definition) is 5. The van der Waals surface area contributed by atoms with Crippen molar-refractivity contribution in [1.29, 1.82) is 0 Å². The largest absolute Gasteiger partial charge is 0.509 e. The van der Waals surface area contributed by atoms with Gasteiger partial charge < -0.3 is 30.3 Å². The Kier molecular flexibility index (Phi) is 9.08. The molecule has 0 radical (unpaired) electrons. The molecule has 6 heteroatoms. The van der Waals surface area contributed by atoms with Crippen LogP contribution in [-0.4, -0.2) is 56.6 Å². The molecule has 2 aromatic carbocycles. The second-order valence-corrected chi connectivity index (χ2v) is 7.51. The van der Waals surface area contributed by atoms with Crippen molar-refractivity contribution in [1.82, 2.24) is 0 Å².